The average molecular weight is 381 g/mol. The van der Waals surface area contributed by atoms with Crippen LogP contribution in [0.3, 0.4) is 0 Å². The van der Waals surface area contributed by atoms with Crippen LogP contribution >= 0.6 is 12.2 Å². The molecule has 2 aromatic carbocycles. The number of hydrogen-bond donors (Lipinski definition) is 0. The summed E-state index contributed by atoms with van der Waals surface area (Å²) in [5, 5.41) is 4.77. The molecule has 140 valence electrons. The molecule has 0 bridgehead atoms. The van der Waals surface area contributed by atoms with Crippen LogP contribution in [0.1, 0.15) is 5.56 Å². The molecule has 1 aromatic heterocycles. The Kier molecular flexibility index (Phi) is 6.21. The Morgan fingerprint density at radius 3 is 2.48 bits per heavy atom. The molecular formula is C21H24N4OS. The van der Waals surface area contributed by atoms with Crippen LogP contribution in [-0.4, -0.2) is 33.4 Å². The zero-order chi connectivity index (χ0) is 19.2. The van der Waals surface area contributed by atoms with Crippen molar-refractivity contribution in [3.05, 3.63) is 77.6 Å². The van der Waals surface area contributed by atoms with Crippen LogP contribution in [-0.2, 0) is 19.8 Å². The summed E-state index contributed by atoms with van der Waals surface area (Å²) in [4.78, 5) is 2.18. The molecule has 1 heterocycles. The molecule has 0 unspecified atom stereocenters. The fourth-order valence-corrected chi connectivity index (χ4v) is 3.21. The first-order valence-electron chi connectivity index (χ1n) is 8.78. The molecule has 0 saturated heterocycles. The molecule has 0 saturated carbocycles. The summed E-state index contributed by atoms with van der Waals surface area (Å²) in [5.41, 5.74) is 2.25. The van der Waals surface area contributed by atoms with Gasteiger partial charge in [-0.2, -0.15) is 5.10 Å². The van der Waals surface area contributed by atoms with Crippen LogP contribution in [0.2, 0.25) is 0 Å². The summed E-state index contributed by atoms with van der Waals surface area (Å²) in [6.45, 7) is 5.88. The number of ether oxygens (including phenoxy) is 1. The second-order valence-electron chi connectivity index (χ2n) is 6.37. The Labute approximate surface area is 165 Å². The highest BCUT2D eigenvalue weighted by atomic mass is 32.1. The molecule has 3 rings (SSSR count). The van der Waals surface area contributed by atoms with E-state index >= 15 is 0 Å². The number of nitrogens with zero attached hydrogens (tertiary/aromatic N) is 4. The molecule has 6 heteroatoms. The van der Waals surface area contributed by atoms with Gasteiger partial charge in [-0.3, -0.25) is 9.47 Å². The third-order valence-electron chi connectivity index (χ3n) is 4.25. The van der Waals surface area contributed by atoms with E-state index in [1.807, 2.05) is 57.8 Å². The van der Waals surface area contributed by atoms with Gasteiger partial charge in [-0.1, -0.05) is 48.5 Å². The minimum absolute atomic E-state index is 0.606. The van der Waals surface area contributed by atoms with Crippen molar-refractivity contribution in [3.8, 4) is 17.1 Å². The second-order valence-corrected chi connectivity index (χ2v) is 6.74. The lowest BCUT2D eigenvalue weighted by atomic mass is 10.2. The van der Waals surface area contributed by atoms with Crippen molar-refractivity contribution < 1.29 is 4.74 Å². The third kappa shape index (κ3) is 4.53. The summed E-state index contributed by atoms with van der Waals surface area (Å²) in [7, 11) is 3.73. The minimum atomic E-state index is 0.606. The lowest BCUT2D eigenvalue weighted by molar-refractivity contribution is 0.244. The number of methoxy groups -OCH3 is 1. The predicted molar refractivity (Wildman–Crippen MR) is 111 cm³/mol. The molecule has 3 aromatic rings. The van der Waals surface area contributed by atoms with Gasteiger partial charge in [-0.15, -0.1) is 6.58 Å². The standard InChI is InChI=1S/C21H24N4OS/c1-4-14-24-20(18-8-6-5-7-9-18)22-25(21(24)27)16-23(2)15-17-10-12-19(26-3)13-11-17/h4-13H,1,14-16H2,2-3H3. The van der Waals surface area contributed by atoms with E-state index in [4.69, 9.17) is 22.1 Å². The monoisotopic (exact) mass is 380 g/mol. The maximum Gasteiger partial charge on any atom is 0.199 e. The van der Waals surface area contributed by atoms with E-state index in [0.717, 1.165) is 23.7 Å². The highest BCUT2D eigenvalue weighted by Gasteiger charge is 2.13. The van der Waals surface area contributed by atoms with Crippen LogP contribution in [0.4, 0.5) is 0 Å². The van der Waals surface area contributed by atoms with Crippen molar-refractivity contribution >= 4 is 12.2 Å². The Hall–Kier alpha value is -2.70. The summed E-state index contributed by atoms with van der Waals surface area (Å²) < 4.78 is 9.78. The van der Waals surface area contributed by atoms with Gasteiger partial charge in [0.1, 0.15) is 5.75 Å². The van der Waals surface area contributed by atoms with Crippen LogP contribution in [0.25, 0.3) is 11.4 Å². The molecular weight excluding hydrogens is 356 g/mol. The van der Waals surface area contributed by atoms with E-state index in [1.165, 1.54) is 5.56 Å². The normalized spacial score (nSPS) is 10.9. The largest absolute Gasteiger partial charge is 0.497 e. The Bertz CT molecular complexity index is 945. The quantitative estimate of drug-likeness (QED) is 0.429. The molecule has 0 spiro atoms. The van der Waals surface area contributed by atoms with Crippen LogP contribution < -0.4 is 4.74 Å². The van der Waals surface area contributed by atoms with Crippen molar-refractivity contribution in [2.45, 2.75) is 19.8 Å². The predicted octanol–water partition coefficient (Wildman–Crippen LogP) is 4.37. The first kappa shape index (κ1) is 19.1. The molecule has 0 aliphatic carbocycles. The number of aromatic nitrogens is 3. The third-order valence-corrected chi connectivity index (χ3v) is 4.68. The summed E-state index contributed by atoms with van der Waals surface area (Å²) >= 11 is 5.67. The zero-order valence-electron chi connectivity index (χ0n) is 15.7. The maximum absolute atomic E-state index is 5.67. The van der Waals surface area contributed by atoms with E-state index in [2.05, 4.69) is 30.7 Å². The van der Waals surface area contributed by atoms with Gasteiger partial charge in [0.25, 0.3) is 0 Å². The summed E-state index contributed by atoms with van der Waals surface area (Å²) in [6.07, 6.45) is 1.84. The van der Waals surface area contributed by atoms with Gasteiger partial charge < -0.3 is 4.74 Å². The smallest absolute Gasteiger partial charge is 0.199 e. The summed E-state index contributed by atoms with van der Waals surface area (Å²) in [5.74, 6) is 1.72. The van der Waals surface area contributed by atoms with Gasteiger partial charge in [0.05, 0.1) is 13.8 Å². The fraction of sp³-hybridized carbons (Fsp3) is 0.238. The molecule has 0 radical (unpaired) electrons. The van der Waals surface area contributed by atoms with Gasteiger partial charge in [0, 0.05) is 18.7 Å². The highest BCUT2D eigenvalue weighted by molar-refractivity contribution is 7.71. The topological polar surface area (TPSA) is 35.2 Å². The van der Waals surface area contributed by atoms with Crippen molar-refractivity contribution in [1.82, 2.24) is 19.2 Å². The molecule has 0 amide bonds. The van der Waals surface area contributed by atoms with Crippen LogP contribution in [0, 0.1) is 4.77 Å². The number of allylic oxidation sites excluding steroid dienone is 1. The Morgan fingerprint density at radius 2 is 1.85 bits per heavy atom. The fourth-order valence-electron chi connectivity index (χ4n) is 2.95. The van der Waals surface area contributed by atoms with Crippen molar-refractivity contribution in [3.63, 3.8) is 0 Å². The average Bonchev–Trinajstić information content (AvgIpc) is 2.99. The van der Waals surface area contributed by atoms with Gasteiger partial charge in [-0.05, 0) is 37.0 Å². The van der Waals surface area contributed by atoms with Crippen molar-refractivity contribution in [2.75, 3.05) is 14.2 Å². The van der Waals surface area contributed by atoms with Crippen LogP contribution in [0.5, 0.6) is 5.75 Å². The van der Waals surface area contributed by atoms with Gasteiger partial charge in [0.2, 0.25) is 0 Å². The van der Waals surface area contributed by atoms with E-state index in [0.29, 0.717) is 18.0 Å². The maximum atomic E-state index is 5.67. The number of hydrogen-bond acceptors (Lipinski definition) is 4. The Balaban J connectivity index is 1.81. The van der Waals surface area contributed by atoms with Crippen molar-refractivity contribution in [2.24, 2.45) is 0 Å². The lowest BCUT2D eigenvalue weighted by Crippen LogP contribution is -2.22. The van der Waals surface area contributed by atoms with Crippen LogP contribution in [0.15, 0.2) is 67.3 Å². The number of benzene rings is 2. The number of rotatable bonds is 8. The molecule has 0 N–H and O–H groups in total. The van der Waals surface area contributed by atoms with E-state index in [9.17, 15) is 0 Å². The molecule has 5 nitrogen and oxygen atoms in total. The highest BCUT2D eigenvalue weighted by Crippen LogP contribution is 2.19. The molecule has 0 aliphatic heterocycles. The second kappa shape index (κ2) is 8.79. The van der Waals surface area contributed by atoms with E-state index in [1.54, 1.807) is 7.11 Å². The zero-order valence-corrected chi connectivity index (χ0v) is 16.5. The van der Waals surface area contributed by atoms with E-state index < -0.39 is 0 Å². The summed E-state index contributed by atoms with van der Waals surface area (Å²) in [6, 6.07) is 18.2. The molecule has 27 heavy (non-hydrogen) atoms. The first-order chi connectivity index (χ1) is 13.1. The van der Waals surface area contributed by atoms with E-state index in [-0.39, 0.29) is 0 Å². The Morgan fingerprint density at radius 1 is 1.15 bits per heavy atom. The minimum Gasteiger partial charge on any atom is -0.497 e. The first-order valence-corrected chi connectivity index (χ1v) is 9.18. The van der Waals surface area contributed by atoms with Gasteiger partial charge in [0.15, 0.2) is 10.6 Å². The lowest BCUT2D eigenvalue weighted by Gasteiger charge is -2.16. The molecule has 0 atom stereocenters. The van der Waals surface area contributed by atoms with Gasteiger partial charge >= 0.3 is 0 Å². The van der Waals surface area contributed by atoms with Crippen molar-refractivity contribution in [1.29, 1.82) is 0 Å². The molecule has 0 aliphatic rings. The SMILES string of the molecule is C=CCn1c(-c2ccccc2)nn(CN(C)Cc2ccc(OC)cc2)c1=S. The van der Waals surface area contributed by atoms with Gasteiger partial charge in [-0.25, -0.2) is 4.68 Å². The molecule has 0 fully saturated rings.